The van der Waals surface area contributed by atoms with Crippen LogP contribution in [-0.4, -0.2) is 11.0 Å². The number of carbonyl (C=O) groups excluding carboxylic acids is 1. The lowest BCUT2D eigenvalue weighted by atomic mass is 10.2. The molecule has 0 saturated carbocycles. The number of hydrogen-bond donors (Lipinski definition) is 0. The van der Waals surface area contributed by atoms with Crippen LogP contribution in [-0.2, 0) is 17.2 Å². The molecule has 0 radical (unpaired) electrons. The highest BCUT2D eigenvalue weighted by Crippen LogP contribution is 2.32. The molecule has 0 atom stereocenters. The van der Waals surface area contributed by atoms with Crippen molar-refractivity contribution in [3.8, 4) is 10.6 Å². The van der Waals surface area contributed by atoms with Gasteiger partial charge in [-0.2, -0.15) is 0 Å². The number of rotatable bonds is 5. The summed E-state index contributed by atoms with van der Waals surface area (Å²) in [6.45, 7) is 1.90. The van der Waals surface area contributed by atoms with Crippen molar-refractivity contribution in [2.45, 2.75) is 19.4 Å². The van der Waals surface area contributed by atoms with E-state index >= 15 is 0 Å². The van der Waals surface area contributed by atoms with Gasteiger partial charge in [0.1, 0.15) is 6.61 Å². The minimum absolute atomic E-state index is 0.196. The van der Waals surface area contributed by atoms with E-state index in [1.165, 1.54) is 11.3 Å². The van der Waals surface area contributed by atoms with Crippen molar-refractivity contribution in [2.75, 3.05) is 0 Å². The lowest BCUT2D eigenvalue weighted by molar-refractivity contribution is 0.0467. The van der Waals surface area contributed by atoms with E-state index in [0.29, 0.717) is 17.5 Å². The van der Waals surface area contributed by atoms with Gasteiger partial charge in [0.2, 0.25) is 0 Å². The van der Waals surface area contributed by atoms with Gasteiger partial charge >= 0.3 is 5.97 Å². The van der Waals surface area contributed by atoms with Crippen molar-refractivity contribution >= 4 is 28.9 Å². The average Bonchev–Trinajstić information content (AvgIpc) is 3.19. The molecular formula is C17H14ClNO3S. The molecule has 3 aromatic rings. The van der Waals surface area contributed by atoms with E-state index in [4.69, 9.17) is 20.8 Å². The maximum absolute atomic E-state index is 12.3. The number of oxazole rings is 1. The second-order valence-corrected chi connectivity index (χ2v) is 6.31. The number of ether oxygens (including phenoxy) is 1. The highest BCUT2D eigenvalue weighted by molar-refractivity contribution is 7.15. The number of aryl methyl sites for hydroxylation is 1. The first kappa shape index (κ1) is 15.8. The molecule has 0 unspecified atom stereocenters. The number of esters is 1. The first-order chi connectivity index (χ1) is 11.2. The highest BCUT2D eigenvalue weighted by Gasteiger charge is 2.22. The van der Waals surface area contributed by atoms with Gasteiger partial charge in [-0.25, -0.2) is 9.78 Å². The Morgan fingerprint density at radius 2 is 2.04 bits per heavy atom. The molecule has 1 aromatic carbocycles. The van der Waals surface area contributed by atoms with Gasteiger partial charge in [-0.1, -0.05) is 30.3 Å². The average molecular weight is 348 g/mol. The van der Waals surface area contributed by atoms with Crippen molar-refractivity contribution in [1.29, 1.82) is 0 Å². The first-order valence-corrected chi connectivity index (χ1v) is 8.36. The molecule has 0 spiro atoms. The Labute approximate surface area is 142 Å². The smallest absolute Gasteiger partial charge is 0.361 e. The molecule has 4 nitrogen and oxygen atoms in total. The molecule has 6 heteroatoms. The van der Waals surface area contributed by atoms with Gasteiger partial charge in [0, 0.05) is 11.8 Å². The van der Waals surface area contributed by atoms with E-state index in [2.05, 4.69) is 4.98 Å². The van der Waals surface area contributed by atoms with Gasteiger partial charge < -0.3 is 9.15 Å². The van der Waals surface area contributed by atoms with Crippen molar-refractivity contribution in [1.82, 2.24) is 4.98 Å². The molecule has 23 heavy (non-hydrogen) atoms. The van der Waals surface area contributed by atoms with Gasteiger partial charge in [0.25, 0.3) is 0 Å². The molecule has 2 heterocycles. The number of halogens is 1. The predicted octanol–water partition coefficient (Wildman–Crippen LogP) is 4.81. The number of carbonyl (C=O) groups is 1. The summed E-state index contributed by atoms with van der Waals surface area (Å²) < 4.78 is 10.9. The van der Waals surface area contributed by atoms with Crippen LogP contribution in [0.2, 0.25) is 0 Å². The van der Waals surface area contributed by atoms with E-state index in [1.54, 1.807) is 6.92 Å². The van der Waals surface area contributed by atoms with E-state index in [1.807, 2.05) is 42.5 Å². The monoisotopic (exact) mass is 347 g/mol. The summed E-state index contributed by atoms with van der Waals surface area (Å²) in [7, 11) is 0. The minimum atomic E-state index is -0.499. The van der Waals surface area contributed by atoms with Gasteiger partial charge in [-0.05, 0) is 17.7 Å². The summed E-state index contributed by atoms with van der Waals surface area (Å²) in [6, 6.07) is 13.3. The van der Waals surface area contributed by atoms with Gasteiger partial charge in [-0.15, -0.1) is 22.9 Å². The van der Waals surface area contributed by atoms with Crippen LogP contribution in [0, 0.1) is 6.92 Å². The number of benzene rings is 1. The predicted molar refractivity (Wildman–Crippen MR) is 89.7 cm³/mol. The van der Waals surface area contributed by atoms with Crippen LogP contribution >= 0.6 is 22.9 Å². The summed E-state index contributed by atoms with van der Waals surface area (Å²) in [5.41, 5.74) is 1.12. The lowest BCUT2D eigenvalue weighted by Crippen LogP contribution is -2.07. The van der Waals surface area contributed by atoms with Crippen LogP contribution in [0.5, 0.6) is 0 Å². The third-order valence-electron chi connectivity index (χ3n) is 3.16. The molecule has 118 valence electrons. The van der Waals surface area contributed by atoms with E-state index < -0.39 is 5.97 Å². The summed E-state index contributed by atoms with van der Waals surface area (Å²) in [6.07, 6.45) is 0. The molecule has 0 saturated heterocycles. The number of alkyl halides is 1. The molecular weight excluding hydrogens is 334 g/mol. The quantitative estimate of drug-likeness (QED) is 0.491. The highest BCUT2D eigenvalue weighted by atomic mass is 35.5. The fraction of sp³-hybridized carbons (Fsp3) is 0.176. The summed E-state index contributed by atoms with van der Waals surface area (Å²) in [5, 5.41) is 0. The zero-order valence-electron chi connectivity index (χ0n) is 12.4. The van der Waals surface area contributed by atoms with Gasteiger partial charge in [0.05, 0.1) is 10.8 Å². The molecule has 2 aromatic heterocycles. The van der Waals surface area contributed by atoms with Crippen LogP contribution in [0.3, 0.4) is 0 Å². The zero-order valence-corrected chi connectivity index (χ0v) is 14.0. The number of aromatic nitrogens is 1. The summed E-state index contributed by atoms with van der Waals surface area (Å²) in [4.78, 5) is 18.3. The number of nitrogens with zero attached hydrogens (tertiary/aromatic N) is 1. The van der Waals surface area contributed by atoms with Gasteiger partial charge in [0.15, 0.2) is 17.3 Å². The molecule has 0 fully saturated rings. The lowest BCUT2D eigenvalue weighted by Gasteiger charge is -2.03. The molecule has 3 rings (SSSR count). The summed E-state index contributed by atoms with van der Waals surface area (Å²) >= 11 is 7.30. The van der Waals surface area contributed by atoms with Crippen molar-refractivity contribution < 1.29 is 13.9 Å². The topological polar surface area (TPSA) is 52.3 Å². The molecule has 0 aliphatic rings. The maximum atomic E-state index is 12.3. The van der Waals surface area contributed by atoms with Crippen LogP contribution in [0.4, 0.5) is 0 Å². The second kappa shape index (κ2) is 6.98. The Morgan fingerprint density at radius 3 is 2.74 bits per heavy atom. The molecule has 0 aliphatic carbocycles. The standard InChI is InChI=1S/C17H14ClNO3S/c1-11-19-15(16(22-11)14-8-7-13(9-18)23-14)17(20)21-10-12-5-3-2-4-6-12/h2-8H,9-10H2,1H3. The fourth-order valence-corrected chi connectivity index (χ4v) is 3.19. The van der Waals surface area contributed by atoms with Crippen LogP contribution in [0.15, 0.2) is 46.9 Å². The Kier molecular flexibility index (Phi) is 4.79. The molecule has 0 bridgehead atoms. The Balaban J connectivity index is 1.80. The Bertz CT molecular complexity index is 810. The third-order valence-corrected chi connectivity index (χ3v) is 4.69. The van der Waals surface area contributed by atoms with E-state index in [0.717, 1.165) is 15.3 Å². The number of thiophene rings is 1. The minimum Gasteiger partial charge on any atom is -0.456 e. The fourth-order valence-electron chi connectivity index (χ4n) is 2.10. The van der Waals surface area contributed by atoms with Crippen LogP contribution in [0.25, 0.3) is 10.6 Å². The second-order valence-electron chi connectivity index (χ2n) is 4.87. The molecule has 0 N–H and O–H groups in total. The summed E-state index contributed by atoms with van der Waals surface area (Å²) in [5.74, 6) is 0.780. The van der Waals surface area contributed by atoms with E-state index in [9.17, 15) is 4.79 Å². The SMILES string of the molecule is Cc1nc(C(=O)OCc2ccccc2)c(-c2ccc(CCl)s2)o1. The largest absolute Gasteiger partial charge is 0.456 e. The zero-order chi connectivity index (χ0) is 16.2. The van der Waals surface area contributed by atoms with Crippen LogP contribution in [0.1, 0.15) is 26.8 Å². The normalized spacial score (nSPS) is 10.7. The third kappa shape index (κ3) is 3.63. The van der Waals surface area contributed by atoms with Crippen molar-refractivity contribution in [2.24, 2.45) is 0 Å². The van der Waals surface area contributed by atoms with Crippen molar-refractivity contribution in [3.05, 3.63) is 64.5 Å². The van der Waals surface area contributed by atoms with Crippen molar-refractivity contribution in [3.63, 3.8) is 0 Å². The van der Waals surface area contributed by atoms with Crippen LogP contribution < -0.4 is 0 Å². The maximum Gasteiger partial charge on any atom is 0.361 e. The Hall–Kier alpha value is -2.11. The molecule has 0 aliphatic heterocycles. The molecule has 0 amide bonds. The first-order valence-electron chi connectivity index (χ1n) is 7.01. The number of hydrogen-bond acceptors (Lipinski definition) is 5. The van der Waals surface area contributed by atoms with E-state index in [-0.39, 0.29) is 12.3 Å². The Morgan fingerprint density at radius 1 is 1.26 bits per heavy atom. The van der Waals surface area contributed by atoms with Gasteiger partial charge in [-0.3, -0.25) is 0 Å².